The van der Waals surface area contributed by atoms with Crippen LogP contribution in [0.3, 0.4) is 0 Å². The quantitative estimate of drug-likeness (QED) is 0.849. The molecular weight excluding hydrogens is 364 g/mol. The number of benzene rings is 1. The molecule has 2 aromatic rings. The van der Waals surface area contributed by atoms with Gasteiger partial charge >= 0.3 is 5.97 Å². The van der Waals surface area contributed by atoms with Gasteiger partial charge in [-0.15, -0.1) is 11.3 Å². The van der Waals surface area contributed by atoms with E-state index in [0.29, 0.717) is 41.9 Å². The summed E-state index contributed by atoms with van der Waals surface area (Å²) in [6.45, 7) is 2.18. The number of nitriles is 1. The van der Waals surface area contributed by atoms with Crippen molar-refractivity contribution in [2.24, 2.45) is 0 Å². The first-order valence-electron chi connectivity index (χ1n) is 7.59. The molecule has 1 aromatic carbocycles. The van der Waals surface area contributed by atoms with E-state index in [9.17, 15) is 20.3 Å². The van der Waals surface area contributed by atoms with Crippen molar-refractivity contribution >= 4 is 33.9 Å². The molecule has 25 heavy (non-hydrogen) atoms. The number of hydrogen-bond donors (Lipinski definition) is 2. The summed E-state index contributed by atoms with van der Waals surface area (Å²) in [5.74, 6) is -1.16. The summed E-state index contributed by atoms with van der Waals surface area (Å²) in [6.07, 6.45) is -1.22. The molecule has 2 N–H and O–H groups in total. The Hall–Kier alpha value is -2.11. The first-order chi connectivity index (χ1) is 12.0. The molecular formula is C17H15ClN2O4S. The smallest absolute Gasteiger partial charge is 0.346 e. The lowest BCUT2D eigenvalue weighted by Gasteiger charge is -2.27. The minimum absolute atomic E-state index is 0.0273. The van der Waals surface area contributed by atoms with Crippen LogP contribution in [0, 0.1) is 11.3 Å². The molecule has 8 heteroatoms. The summed E-state index contributed by atoms with van der Waals surface area (Å²) in [5.41, 5.74) is 0.810. The van der Waals surface area contributed by atoms with Crippen LogP contribution in [0.5, 0.6) is 0 Å². The maximum Gasteiger partial charge on any atom is 0.346 e. The second-order valence-electron chi connectivity index (χ2n) is 5.50. The van der Waals surface area contributed by atoms with E-state index in [1.165, 1.54) is 0 Å². The summed E-state index contributed by atoms with van der Waals surface area (Å²) in [6, 6.07) is 8.54. The Morgan fingerprint density at radius 3 is 2.52 bits per heavy atom. The molecule has 0 amide bonds. The zero-order valence-corrected chi connectivity index (χ0v) is 14.7. The Morgan fingerprint density at radius 1 is 1.32 bits per heavy atom. The van der Waals surface area contributed by atoms with Crippen LogP contribution < -0.4 is 4.90 Å². The van der Waals surface area contributed by atoms with Gasteiger partial charge in [-0.2, -0.15) is 5.26 Å². The van der Waals surface area contributed by atoms with E-state index in [0.717, 1.165) is 11.3 Å². The molecule has 0 radical (unpaired) electrons. The average Bonchev–Trinajstić information content (AvgIpc) is 3.02. The van der Waals surface area contributed by atoms with E-state index in [-0.39, 0.29) is 16.0 Å². The van der Waals surface area contributed by atoms with Crippen molar-refractivity contribution in [3.05, 3.63) is 50.9 Å². The second kappa shape index (κ2) is 7.42. The third-order valence-corrected chi connectivity index (χ3v) is 5.50. The highest BCUT2D eigenvalue weighted by Crippen LogP contribution is 2.41. The van der Waals surface area contributed by atoms with Crippen molar-refractivity contribution in [3.8, 4) is 6.07 Å². The first-order valence-corrected chi connectivity index (χ1v) is 8.78. The van der Waals surface area contributed by atoms with Gasteiger partial charge in [0.05, 0.1) is 18.8 Å². The fourth-order valence-corrected chi connectivity index (χ4v) is 4.06. The van der Waals surface area contributed by atoms with Crippen LogP contribution in [0.25, 0.3) is 0 Å². The molecule has 1 aromatic heterocycles. The van der Waals surface area contributed by atoms with Gasteiger partial charge in [-0.25, -0.2) is 4.79 Å². The largest absolute Gasteiger partial charge is 0.477 e. The molecule has 0 aliphatic carbocycles. The Bertz CT molecular complexity index is 822. The topological polar surface area (TPSA) is 93.8 Å². The number of hydrogen-bond acceptors (Lipinski definition) is 6. The molecule has 0 spiro atoms. The Morgan fingerprint density at radius 2 is 1.96 bits per heavy atom. The molecule has 1 saturated heterocycles. The average molecular weight is 379 g/mol. The summed E-state index contributed by atoms with van der Waals surface area (Å²) in [4.78, 5) is 13.6. The van der Waals surface area contributed by atoms with E-state index < -0.39 is 12.1 Å². The zero-order chi connectivity index (χ0) is 18.0. The minimum atomic E-state index is -1.22. The maximum atomic E-state index is 11.7. The molecule has 1 unspecified atom stereocenters. The third-order valence-electron chi connectivity index (χ3n) is 3.99. The van der Waals surface area contributed by atoms with Gasteiger partial charge in [0.2, 0.25) is 0 Å². The number of carbonyl (C=O) groups is 1. The molecule has 1 atom stereocenters. The third kappa shape index (κ3) is 3.48. The van der Waals surface area contributed by atoms with Crippen molar-refractivity contribution in [3.63, 3.8) is 0 Å². The number of aromatic carboxylic acids is 1. The molecule has 130 valence electrons. The van der Waals surface area contributed by atoms with Gasteiger partial charge in [0.15, 0.2) is 0 Å². The van der Waals surface area contributed by atoms with E-state index >= 15 is 0 Å². The fraction of sp³-hybridized carbons (Fsp3) is 0.294. The maximum absolute atomic E-state index is 11.7. The Labute approximate surface area is 153 Å². The number of nitrogens with zero attached hydrogens (tertiary/aromatic N) is 2. The molecule has 1 fully saturated rings. The molecule has 1 aliphatic rings. The lowest BCUT2D eigenvalue weighted by atomic mass is 9.98. The predicted octanol–water partition coefficient (Wildman–Crippen LogP) is 2.89. The van der Waals surface area contributed by atoms with E-state index in [2.05, 4.69) is 6.07 Å². The molecule has 3 rings (SSSR count). The first kappa shape index (κ1) is 17.7. The normalized spacial score (nSPS) is 15.6. The SMILES string of the molecule is N#Cc1c(N2CCOCC2)sc(C(=O)O)c1C(O)c1ccc(Cl)cc1. The summed E-state index contributed by atoms with van der Waals surface area (Å²) >= 11 is 6.88. The number of carboxylic acids is 1. The highest BCUT2D eigenvalue weighted by atomic mass is 35.5. The molecule has 2 heterocycles. The molecule has 0 bridgehead atoms. The standard InChI is InChI=1S/C17H15ClN2O4S/c18-11-3-1-10(2-4-11)14(21)13-12(9-19)16(25-15(13)17(22)23)20-5-7-24-8-6-20/h1-4,14,21H,5-8H2,(H,22,23). The van der Waals surface area contributed by atoms with Crippen LogP contribution in [0.4, 0.5) is 5.00 Å². The number of rotatable bonds is 4. The Kier molecular flexibility index (Phi) is 5.25. The predicted molar refractivity (Wildman–Crippen MR) is 94.5 cm³/mol. The van der Waals surface area contributed by atoms with Crippen LogP contribution in [0.2, 0.25) is 5.02 Å². The number of ether oxygens (including phenoxy) is 1. The van der Waals surface area contributed by atoms with Crippen LogP contribution >= 0.6 is 22.9 Å². The number of aliphatic hydroxyl groups excluding tert-OH is 1. The monoisotopic (exact) mass is 378 g/mol. The van der Waals surface area contributed by atoms with Crippen LogP contribution in [-0.4, -0.2) is 42.5 Å². The van der Waals surface area contributed by atoms with Crippen LogP contribution in [-0.2, 0) is 4.74 Å². The van der Waals surface area contributed by atoms with Gasteiger partial charge in [-0.05, 0) is 17.7 Å². The Balaban J connectivity index is 2.10. The number of halogens is 1. The molecule has 0 saturated carbocycles. The highest BCUT2D eigenvalue weighted by molar-refractivity contribution is 7.18. The van der Waals surface area contributed by atoms with Crippen LogP contribution in [0.15, 0.2) is 24.3 Å². The van der Waals surface area contributed by atoms with Gasteiger partial charge < -0.3 is 19.8 Å². The lowest BCUT2D eigenvalue weighted by molar-refractivity contribution is 0.0697. The fourth-order valence-electron chi connectivity index (χ4n) is 2.76. The van der Waals surface area contributed by atoms with Gasteiger partial charge in [0, 0.05) is 23.7 Å². The van der Waals surface area contributed by atoms with E-state index in [4.69, 9.17) is 16.3 Å². The van der Waals surface area contributed by atoms with Gasteiger partial charge in [0.25, 0.3) is 0 Å². The van der Waals surface area contributed by atoms with Gasteiger partial charge in [0.1, 0.15) is 22.1 Å². The van der Waals surface area contributed by atoms with Crippen LogP contribution in [0.1, 0.15) is 32.5 Å². The molecule has 1 aliphatic heterocycles. The summed E-state index contributed by atoms with van der Waals surface area (Å²) in [7, 11) is 0. The van der Waals surface area contributed by atoms with Crippen molar-refractivity contribution in [1.82, 2.24) is 0 Å². The number of morpholine rings is 1. The lowest BCUT2D eigenvalue weighted by Crippen LogP contribution is -2.36. The zero-order valence-electron chi connectivity index (χ0n) is 13.1. The van der Waals surface area contributed by atoms with Crippen molar-refractivity contribution < 1.29 is 19.7 Å². The number of anilines is 1. The van der Waals surface area contributed by atoms with Crippen molar-refractivity contribution in [1.29, 1.82) is 5.26 Å². The summed E-state index contributed by atoms with van der Waals surface area (Å²) < 4.78 is 5.31. The molecule has 6 nitrogen and oxygen atoms in total. The van der Waals surface area contributed by atoms with Crippen molar-refractivity contribution in [2.75, 3.05) is 31.2 Å². The highest BCUT2D eigenvalue weighted by Gasteiger charge is 2.31. The minimum Gasteiger partial charge on any atom is -0.477 e. The number of carboxylic acid groups (broad SMARTS) is 1. The summed E-state index contributed by atoms with van der Waals surface area (Å²) in [5, 5.41) is 31.0. The van der Waals surface area contributed by atoms with Crippen molar-refractivity contribution in [2.45, 2.75) is 6.10 Å². The van der Waals surface area contributed by atoms with E-state index in [1.807, 2.05) is 4.90 Å². The number of aliphatic hydroxyl groups is 1. The van der Waals surface area contributed by atoms with Gasteiger partial charge in [-0.1, -0.05) is 23.7 Å². The number of thiophene rings is 1. The second-order valence-corrected chi connectivity index (χ2v) is 6.93. The van der Waals surface area contributed by atoms with E-state index in [1.54, 1.807) is 24.3 Å². The van der Waals surface area contributed by atoms with Gasteiger partial charge in [-0.3, -0.25) is 0 Å².